The number of rotatable bonds is 9. The third kappa shape index (κ3) is 8.16. The molecule has 0 amide bonds. The van der Waals surface area contributed by atoms with Gasteiger partial charge in [-0.15, -0.1) is 0 Å². The van der Waals surface area contributed by atoms with E-state index in [-0.39, 0.29) is 12.2 Å². The van der Waals surface area contributed by atoms with Crippen LogP contribution >= 0.6 is 0 Å². The number of aryl methyl sites for hydroxylation is 2. The second kappa shape index (κ2) is 11.7. The van der Waals surface area contributed by atoms with E-state index >= 15 is 0 Å². The molecule has 4 rings (SSSR count). The predicted molar refractivity (Wildman–Crippen MR) is 127 cm³/mol. The van der Waals surface area contributed by atoms with Crippen molar-refractivity contribution in [2.24, 2.45) is 11.8 Å². The van der Waals surface area contributed by atoms with Crippen LogP contribution < -0.4 is 0 Å². The summed E-state index contributed by atoms with van der Waals surface area (Å²) in [6, 6.07) is 5.57. The molecule has 0 unspecified atom stereocenters. The number of hydrogen-bond donors (Lipinski definition) is 0. The van der Waals surface area contributed by atoms with Crippen LogP contribution in [0.1, 0.15) is 73.4 Å². The van der Waals surface area contributed by atoms with Gasteiger partial charge in [0.1, 0.15) is 11.5 Å². The first-order valence-electron chi connectivity index (χ1n) is 12.9. The lowest BCUT2D eigenvalue weighted by Crippen LogP contribution is -2.29. The first kappa shape index (κ1) is 25.9. The monoisotopic (exact) mass is 491 g/mol. The second-order valence-electron chi connectivity index (χ2n) is 10.4. The van der Waals surface area contributed by atoms with Crippen molar-refractivity contribution in [1.82, 2.24) is 15.0 Å². The lowest BCUT2D eigenvalue weighted by molar-refractivity contribution is -0.134. The fourth-order valence-corrected chi connectivity index (χ4v) is 5.49. The zero-order valence-corrected chi connectivity index (χ0v) is 20.6. The fourth-order valence-electron chi connectivity index (χ4n) is 5.49. The highest BCUT2D eigenvalue weighted by Gasteiger charge is 2.27. The molecule has 1 fully saturated rings. The van der Waals surface area contributed by atoms with Crippen molar-refractivity contribution in [2.45, 2.75) is 83.7 Å². The number of carbonyl (C=O) groups excluding carboxylic acids is 1. The van der Waals surface area contributed by atoms with E-state index in [0.717, 1.165) is 62.5 Å². The third-order valence-corrected chi connectivity index (χ3v) is 7.54. The van der Waals surface area contributed by atoms with Gasteiger partial charge >= 0.3 is 6.18 Å². The number of Topliss-reactive ketones (excluding diaryl/α,β-unsaturated/α-hetero) is 1. The summed E-state index contributed by atoms with van der Waals surface area (Å²) in [5, 5.41) is 3.93. The molecule has 0 radical (unpaired) electrons. The molecule has 8 heteroatoms. The van der Waals surface area contributed by atoms with Crippen LogP contribution in [0.25, 0.3) is 0 Å². The number of fused-ring (bicyclic) bond motifs is 1. The van der Waals surface area contributed by atoms with E-state index in [0.29, 0.717) is 30.4 Å². The molecule has 0 bridgehead atoms. The average Bonchev–Trinajstić information content (AvgIpc) is 3.10. The van der Waals surface area contributed by atoms with Crippen molar-refractivity contribution in [3.05, 3.63) is 46.6 Å². The second-order valence-corrected chi connectivity index (χ2v) is 10.4. The van der Waals surface area contributed by atoms with E-state index in [1.54, 1.807) is 6.07 Å². The summed E-state index contributed by atoms with van der Waals surface area (Å²) >= 11 is 0. The maximum atomic E-state index is 12.5. The summed E-state index contributed by atoms with van der Waals surface area (Å²) < 4.78 is 42.7. The van der Waals surface area contributed by atoms with Gasteiger partial charge in [0.05, 0.1) is 12.1 Å². The Labute approximate surface area is 205 Å². The topological polar surface area (TPSA) is 59.2 Å². The van der Waals surface area contributed by atoms with Gasteiger partial charge in [0.2, 0.25) is 0 Å². The third-order valence-electron chi connectivity index (χ3n) is 7.54. The largest absolute Gasteiger partial charge is 0.389 e. The Balaban J connectivity index is 1.16. The Bertz CT molecular complexity index is 980. The first-order chi connectivity index (χ1) is 16.7. The summed E-state index contributed by atoms with van der Waals surface area (Å²) in [5.74, 6) is 2.18. The molecule has 1 saturated carbocycles. The number of ketones is 1. The lowest BCUT2D eigenvalue weighted by atomic mass is 9.78. The first-order valence-corrected chi connectivity index (χ1v) is 12.9. The minimum atomic E-state index is -4.14. The minimum absolute atomic E-state index is 0.0470. The lowest BCUT2D eigenvalue weighted by Gasteiger charge is -2.30. The number of alkyl halides is 3. The van der Waals surface area contributed by atoms with E-state index in [2.05, 4.69) is 15.0 Å². The molecule has 1 aliphatic heterocycles. The summed E-state index contributed by atoms with van der Waals surface area (Å²) in [6.07, 6.45) is 3.46. The van der Waals surface area contributed by atoms with Gasteiger partial charge in [-0.05, 0) is 69.0 Å². The molecule has 192 valence electrons. The molecule has 3 heterocycles. The summed E-state index contributed by atoms with van der Waals surface area (Å²) in [5.41, 5.74) is 3.42. The number of carbonyl (C=O) groups is 1. The molecule has 35 heavy (non-hydrogen) atoms. The zero-order valence-electron chi connectivity index (χ0n) is 20.6. The number of nitrogens with zero attached hydrogens (tertiary/aromatic N) is 3. The standard InChI is InChI=1S/C27H36F3N3O2/c1-19-16-24(32-35-19)18-25(34)17-21-4-2-20(3-5-21)9-13-33-14-10-22-6-7-23(8-12-27(28,29)30)31-26(22)11-15-33/h6-7,16,20-21H,2-5,8-15,17-18H2,1H3. The Morgan fingerprint density at radius 3 is 2.54 bits per heavy atom. The van der Waals surface area contributed by atoms with Crippen LogP contribution in [0.4, 0.5) is 13.2 Å². The molecule has 5 nitrogen and oxygen atoms in total. The van der Waals surface area contributed by atoms with Gasteiger partial charge in [-0.2, -0.15) is 13.2 Å². The zero-order chi connectivity index (χ0) is 24.8. The smallest absolute Gasteiger partial charge is 0.361 e. The van der Waals surface area contributed by atoms with E-state index in [1.165, 1.54) is 24.8 Å². The maximum Gasteiger partial charge on any atom is 0.389 e. The molecular weight excluding hydrogens is 455 g/mol. The van der Waals surface area contributed by atoms with Crippen LogP contribution in [-0.2, 0) is 30.5 Å². The van der Waals surface area contributed by atoms with E-state index in [1.807, 2.05) is 19.1 Å². The number of pyridine rings is 1. The normalized spacial score (nSPS) is 21.5. The molecule has 0 aromatic carbocycles. The molecular formula is C27H36F3N3O2. The Morgan fingerprint density at radius 2 is 1.83 bits per heavy atom. The van der Waals surface area contributed by atoms with Crippen LogP contribution in [0, 0.1) is 18.8 Å². The molecule has 0 atom stereocenters. The Kier molecular flexibility index (Phi) is 8.63. The van der Waals surface area contributed by atoms with Gasteiger partial charge in [-0.1, -0.05) is 24.1 Å². The van der Waals surface area contributed by atoms with Crippen molar-refractivity contribution >= 4 is 5.78 Å². The molecule has 2 aromatic heterocycles. The van der Waals surface area contributed by atoms with Gasteiger partial charge in [0, 0.05) is 49.8 Å². The predicted octanol–water partition coefficient (Wildman–Crippen LogP) is 5.67. The molecule has 0 saturated heterocycles. The van der Waals surface area contributed by atoms with Crippen LogP contribution in [0.15, 0.2) is 22.7 Å². The van der Waals surface area contributed by atoms with Crippen LogP contribution in [0.2, 0.25) is 0 Å². The minimum Gasteiger partial charge on any atom is -0.361 e. The molecule has 2 aromatic rings. The highest BCUT2D eigenvalue weighted by atomic mass is 19.4. The number of aromatic nitrogens is 2. The maximum absolute atomic E-state index is 12.5. The van der Waals surface area contributed by atoms with Gasteiger partial charge in [0.15, 0.2) is 0 Å². The summed E-state index contributed by atoms with van der Waals surface area (Å²) in [6.45, 7) is 4.77. The van der Waals surface area contributed by atoms with Crippen molar-refractivity contribution in [3.63, 3.8) is 0 Å². The molecule has 0 N–H and O–H groups in total. The SMILES string of the molecule is Cc1cc(CC(=O)CC2CCC(CCN3CCc4ccc(CCC(F)(F)F)nc4CC3)CC2)no1. The Hall–Kier alpha value is -2.22. The summed E-state index contributed by atoms with van der Waals surface area (Å²) in [4.78, 5) is 19.4. The summed E-state index contributed by atoms with van der Waals surface area (Å²) in [7, 11) is 0. The molecule has 2 aliphatic rings. The van der Waals surface area contributed by atoms with Gasteiger partial charge in [0.25, 0.3) is 0 Å². The Morgan fingerprint density at radius 1 is 1.09 bits per heavy atom. The quantitative estimate of drug-likeness (QED) is 0.452. The van der Waals surface area contributed by atoms with Gasteiger partial charge in [-0.25, -0.2) is 0 Å². The van der Waals surface area contributed by atoms with Gasteiger partial charge in [-0.3, -0.25) is 9.78 Å². The van der Waals surface area contributed by atoms with Crippen molar-refractivity contribution in [2.75, 3.05) is 19.6 Å². The molecule has 1 aliphatic carbocycles. The van der Waals surface area contributed by atoms with E-state index in [9.17, 15) is 18.0 Å². The van der Waals surface area contributed by atoms with Crippen molar-refractivity contribution in [1.29, 1.82) is 0 Å². The van der Waals surface area contributed by atoms with Crippen LogP contribution in [-0.4, -0.2) is 46.6 Å². The fraction of sp³-hybridized carbons (Fsp3) is 0.667. The van der Waals surface area contributed by atoms with Crippen molar-refractivity contribution < 1.29 is 22.5 Å². The van der Waals surface area contributed by atoms with Crippen LogP contribution in [0.5, 0.6) is 0 Å². The highest BCUT2D eigenvalue weighted by molar-refractivity contribution is 5.80. The number of hydrogen-bond acceptors (Lipinski definition) is 5. The van der Waals surface area contributed by atoms with Crippen molar-refractivity contribution in [3.8, 4) is 0 Å². The van der Waals surface area contributed by atoms with E-state index < -0.39 is 12.6 Å². The van der Waals surface area contributed by atoms with Gasteiger partial charge < -0.3 is 9.42 Å². The van der Waals surface area contributed by atoms with E-state index in [4.69, 9.17) is 4.52 Å². The van der Waals surface area contributed by atoms with Crippen LogP contribution in [0.3, 0.4) is 0 Å². The average molecular weight is 492 g/mol. The molecule has 0 spiro atoms. The highest BCUT2D eigenvalue weighted by Crippen LogP contribution is 2.33. The number of halogens is 3.